The zero-order valence-electron chi connectivity index (χ0n) is 9.72. The lowest BCUT2D eigenvalue weighted by atomic mass is 10.1. The third-order valence-corrected chi connectivity index (χ3v) is 2.45. The Morgan fingerprint density at radius 1 is 1.29 bits per heavy atom. The monoisotopic (exact) mass is 280 g/mol. The molecule has 1 unspecified atom stereocenters. The summed E-state index contributed by atoms with van der Waals surface area (Å²) in [6.07, 6.45) is 2.49. The number of hydrogen-bond acceptors (Lipinski definition) is 4. The van der Waals surface area contributed by atoms with Gasteiger partial charge in [-0.25, -0.2) is 0 Å². The minimum Gasteiger partial charge on any atom is -0.481 e. The van der Waals surface area contributed by atoms with Crippen molar-refractivity contribution in [2.24, 2.45) is 0 Å². The van der Waals surface area contributed by atoms with Crippen molar-refractivity contribution in [2.45, 2.75) is 18.9 Å². The molecule has 1 aliphatic heterocycles. The van der Waals surface area contributed by atoms with Gasteiger partial charge in [0.1, 0.15) is 6.10 Å². The summed E-state index contributed by atoms with van der Waals surface area (Å²) in [7, 11) is 1.61. The molecule has 2 rings (SSSR count). The molecule has 0 bridgehead atoms. The maximum atomic E-state index is 5.74. The number of methoxy groups -OCH3 is 1. The molecule has 6 heteroatoms. The number of aromatic nitrogens is 1. The summed E-state index contributed by atoms with van der Waals surface area (Å²) in [5, 5.41) is 3.30. The average molecular weight is 281 g/mol. The van der Waals surface area contributed by atoms with E-state index in [9.17, 15) is 0 Å². The molecule has 1 atom stereocenters. The summed E-state index contributed by atoms with van der Waals surface area (Å²) in [4.78, 5) is 4.21. The van der Waals surface area contributed by atoms with E-state index >= 15 is 0 Å². The van der Waals surface area contributed by atoms with E-state index in [2.05, 4.69) is 10.3 Å². The molecular weight excluding hydrogens is 263 g/mol. The topological polar surface area (TPSA) is 43.4 Å². The Labute approximate surface area is 114 Å². The van der Waals surface area contributed by atoms with Gasteiger partial charge in [-0.05, 0) is 19.4 Å². The molecule has 1 aromatic heterocycles. The van der Waals surface area contributed by atoms with E-state index in [0.717, 1.165) is 25.9 Å². The fourth-order valence-electron chi connectivity index (χ4n) is 1.67. The highest BCUT2D eigenvalue weighted by Crippen LogP contribution is 2.16. The van der Waals surface area contributed by atoms with E-state index in [1.54, 1.807) is 7.11 Å². The highest BCUT2D eigenvalue weighted by atomic mass is 35.5. The number of nitrogens with zero attached hydrogens (tertiary/aromatic N) is 1. The van der Waals surface area contributed by atoms with Crippen molar-refractivity contribution in [3.05, 3.63) is 18.2 Å². The van der Waals surface area contributed by atoms with Crippen LogP contribution in [0.1, 0.15) is 12.8 Å². The summed E-state index contributed by atoms with van der Waals surface area (Å²) in [5.41, 5.74) is 0. The van der Waals surface area contributed by atoms with Crippen molar-refractivity contribution >= 4 is 24.8 Å². The van der Waals surface area contributed by atoms with Crippen LogP contribution in [-0.2, 0) is 0 Å². The van der Waals surface area contributed by atoms with Gasteiger partial charge in [0.15, 0.2) is 0 Å². The fraction of sp³-hybridized carbons (Fsp3) is 0.545. The first-order valence-electron chi connectivity index (χ1n) is 5.27. The molecule has 4 nitrogen and oxygen atoms in total. The van der Waals surface area contributed by atoms with Crippen LogP contribution in [0.25, 0.3) is 0 Å². The molecule has 1 fully saturated rings. The molecule has 1 aliphatic rings. The molecule has 1 N–H and O–H groups in total. The minimum atomic E-state index is 0. The van der Waals surface area contributed by atoms with Gasteiger partial charge in [-0.3, -0.25) is 0 Å². The molecule has 0 amide bonds. The van der Waals surface area contributed by atoms with Crippen molar-refractivity contribution < 1.29 is 9.47 Å². The quantitative estimate of drug-likeness (QED) is 0.921. The van der Waals surface area contributed by atoms with Crippen LogP contribution in [0.3, 0.4) is 0 Å². The number of halogens is 2. The van der Waals surface area contributed by atoms with Crippen LogP contribution >= 0.6 is 24.8 Å². The van der Waals surface area contributed by atoms with E-state index in [1.807, 2.05) is 18.2 Å². The van der Waals surface area contributed by atoms with E-state index in [-0.39, 0.29) is 30.9 Å². The predicted octanol–water partition coefficient (Wildman–Crippen LogP) is 2.06. The van der Waals surface area contributed by atoms with Crippen molar-refractivity contribution in [1.29, 1.82) is 0 Å². The molecule has 2 heterocycles. The summed E-state index contributed by atoms with van der Waals surface area (Å²) < 4.78 is 10.8. The van der Waals surface area contributed by atoms with Gasteiger partial charge in [-0.15, -0.1) is 24.8 Å². The molecular formula is C11H18Cl2N2O2. The second-order valence-corrected chi connectivity index (χ2v) is 3.60. The van der Waals surface area contributed by atoms with E-state index in [0.29, 0.717) is 11.8 Å². The summed E-state index contributed by atoms with van der Waals surface area (Å²) in [6, 6.07) is 5.56. The van der Waals surface area contributed by atoms with Crippen LogP contribution in [0.15, 0.2) is 18.2 Å². The minimum absolute atomic E-state index is 0. The van der Waals surface area contributed by atoms with Gasteiger partial charge < -0.3 is 14.8 Å². The smallest absolute Gasteiger partial charge is 0.216 e. The molecule has 0 spiro atoms. The van der Waals surface area contributed by atoms with E-state index in [1.165, 1.54) is 0 Å². The number of rotatable bonds is 3. The first-order chi connectivity index (χ1) is 7.38. The van der Waals surface area contributed by atoms with Gasteiger partial charge in [0.05, 0.1) is 7.11 Å². The van der Waals surface area contributed by atoms with Crippen LogP contribution in [-0.4, -0.2) is 31.3 Å². The Hall–Kier alpha value is -0.710. The van der Waals surface area contributed by atoms with Gasteiger partial charge in [0.2, 0.25) is 11.8 Å². The first kappa shape index (κ1) is 16.3. The van der Waals surface area contributed by atoms with Gasteiger partial charge in [0.25, 0.3) is 0 Å². The molecule has 1 saturated heterocycles. The number of hydrogen-bond donors (Lipinski definition) is 1. The lowest BCUT2D eigenvalue weighted by molar-refractivity contribution is 0.159. The summed E-state index contributed by atoms with van der Waals surface area (Å²) >= 11 is 0. The number of nitrogens with one attached hydrogen (secondary N) is 1. The van der Waals surface area contributed by atoms with Gasteiger partial charge >= 0.3 is 0 Å². The highest BCUT2D eigenvalue weighted by molar-refractivity contribution is 5.85. The van der Waals surface area contributed by atoms with Gasteiger partial charge in [-0.1, -0.05) is 6.07 Å². The van der Waals surface area contributed by atoms with Crippen molar-refractivity contribution in [3.8, 4) is 11.8 Å². The SMILES string of the molecule is COc1cccc(OC2CCCNC2)n1.Cl.Cl. The molecule has 0 saturated carbocycles. The van der Waals surface area contributed by atoms with Gasteiger partial charge in [0, 0.05) is 18.7 Å². The zero-order chi connectivity index (χ0) is 10.5. The van der Waals surface area contributed by atoms with E-state index in [4.69, 9.17) is 9.47 Å². The predicted molar refractivity (Wildman–Crippen MR) is 71.8 cm³/mol. The second-order valence-electron chi connectivity index (χ2n) is 3.60. The van der Waals surface area contributed by atoms with Crippen molar-refractivity contribution in [2.75, 3.05) is 20.2 Å². The molecule has 0 radical (unpaired) electrons. The lowest BCUT2D eigenvalue weighted by Gasteiger charge is -2.23. The Bertz CT molecular complexity index is 320. The Balaban J connectivity index is 0.00000128. The molecule has 98 valence electrons. The molecule has 0 aromatic carbocycles. The molecule has 0 aliphatic carbocycles. The van der Waals surface area contributed by atoms with Crippen LogP contribution in [0, 0.1) is 0 Å². The van der Waals surface area contributed by atoms with Crippen LogP contribution in [0.2, 0.25) is 0 Å². The van der Waals surface area contributed by atoms with Crippen LogP contribution in [0.5, 0.6) is 11.8 Å². The number of ether oxygens (including phenoxy) is 2. The first-order valence-corrected chi connectivity index (χ1v) is 5.27. The van der Waals surface area contributed by atoms with Crippen LogP contribution < -0.4 is 14.8 Å². The normalized spacial score (nSPS) is 18.5. The number of pyridine rings is 1. The third-order valence-electron chi connectivity index (χ3n) is 2.45. The molecule has 17 heavy (non-hydrogen) atoms. The van der Waals surface area contributed by atoms with Gasteiger partial charge in [-0.2, -0.15) is 4.98 Å². The van der Waals surface area contributed by atoms with E-state index < -0.39 is 0 Å². The van der Waals surface area contributed by atoms with Crippen LogP contribution in [0.4, 0.5) is 0 Å². The highest BCUT2D eigenvalue weighted by Gasteiger charge is 2.14. The summed E-state index contributed by atoms with van der Waals surface area (Å²) in [5.74, 6) is 1.24. The maximum absolute atomic E-state index is 5.74. The average Bonchev–Trinajstić information content (AvgIpc) is 2.31. The Morgan fingerprint density at radius 3 is 2.71 bits per heavy atom. The van der Waals surface area contributed by atoms with Crippen molar-refractivity contribution in [1.82, 2.24) is 10.3 Å². The maximum Gasteiger partial charge on any atom is 0.216 e. The van der Waals surface area contributed by atoms with Crippen molar-refractivity contribution in [3.63, 3.8) is 0 Å². The Morgan fingerprint density at radius 2 is 2.06 bits per heavy atom. The molecule has 1 aromatic rings. The lowest BCUT2D eigenvalue weighted by Crippen LogP contribution is -2.37. The fourth-order valence-corrected chi connectivity index (χ4v) is 1.67. The zero-order valence-corrected chi connectivity index (χ0v) is 11.4. The Kier molecular flexibility index (Phi) is 8.04. The number of piperidine rings is 1. The standard InChI is InChI=1S/C11H16N2O2.2ClH/c1-14-10-5-2-6-11(13-10)15-9-4-3-7-12-8-9;;/h2,5-6,9,12H,3-4,7-8H2,1H3;2*1H. The third kappa shape index (κ3) is 4.98. The summed E-state index contributed by atoms with van der Waals surface area (Å²) in [6.45, 7) is 1.99. The second kappa shape index (κ2) is 8.39. The largest absolute Gasteiger partial charge is 0.481 e.